The van der Waals surface area contributed by atoms with E-state index in [9.17, 15) is 9.90 Å². The third-order valence-corrected chi connectivity index (χ3v) is 13.3. The van der Waals surface area contributed by atoms with Gasteiger partial charge in [-0.25, -0.2) is 0 Å². The summed E-state index contributed by atoms with van der Waals surface area (Å²) in [6.45, 7) is 18.7. The molecule has 200 valence electrons. The standard InChI is InChI=1S/C32H54O3/c1-20(2)10-9-11-21(3)23-14-16-29(7)24-12-13-25-28(5,6)26(35-22(4)33)15-17-31(25)19-32(34,27(24)31)18-30(23,29)8/h20-21,23-27,34H,9-19H2,1-8H3. The molecule has 0 radical (unpaired) electrons. The molecule has 0 bridgehead atoms. The molecule has 0 aromatic rings. The zero-order valence-electron chi connectivity index (χ0n) is 24.1. The van der Waals surface area contributed by atoms with Gasteiger partial charge in [0.25, 0.3) is 0 Å². The quantitative estimate of drug-likeness (QED) is 0.390. The number of hydrogen-bond donors (Lipinski definition) is 1. The highest BCUT2D eigenvalue weighted by molar-refractivity contribution is 5.66. The van der Waals surface area contributed by atoms with Crippen molar-refractivity contribution in [1.29, 1.82) is 0 Å². The molecule has 35 heavy (non-hydrogen) atoms. The van der Waals surface area contributed by atoms with Gasteiger partial charge in [0.1, 0.15) is 6.10 Å². The van der Waals surface area contributed by atoms with Crippen LogP contribution >= 0.6 is 0 Å². The molecule has 10 atom stereocenters. The summed E-state index contributed by atoms with van der Waals surface area (Å²) >= 11 is 0. The van der Waals surface area contributed by atoms with Gasteiger partial charge in [-0.2, -0.15) is 0 Å². The summed E-state index contributed by atoms with van der Waals surface area (Å²) < 4.78 is 5.87. The molecule has 0 aromatic carbocycles. The van der Waals surface area contributed by atoms with E-state index in [1.807, 2.05) is 0 Å². The number of carbonyl (C=O) groups is 1. The molecule has 5 aliphatic rings. The van der Waals surface area contributed by atoms with Crippen molar-refractivity contribution in [2.24, 2.45) is 57.2 Å². The van der Waals surface area contributed by atoms with E-state index in [1.165, 1.54) is 44.9 Å². The van der Waals surface area contributed by atoms with Gasteiger partial charge in [-0.3, -0.25) is 4.79 Å². The van der Waals surface area contributed by atoms with Crippen LogP contribution in [0, 0.1) is 57.2 Å². The second-order valence-electron chi connectivity index (χ2n) is 15.6. The van der Waals surface area contributed by atoms with Crippen molar-refractivity contribution in [3.8, 4) is 0 Å². The van der Waals surface area contributed by atoms with Gasteiger partial charge in [0.15, 0.2) is 0 Å². The van der Waals surface area contributed by atoms with Gasteiger partial charge in [0.2, 0.25) is 0 Å². The number of carbonyl (C=O) groups excluding carboxylic acids is 1. The molecule has 5 fully saturated rings. The van der Waals surface area contributed by atoms with Crippen molar-refractivity contribution < 1.29 is 14.6 Å². The fraction of sp³-hybridized carbons (Fsp3) is 0.969. The molecule has 5 aliphatic carbocycles. The lowest BCUT2D eigenvalue weighted by atomic mass is 9.27. The van der Waals surface area contributed by atoms with E-state index in [1.54, 1.807) is 6.92 Å². The van der Waals surface area contributed by atoms with E-state index in [2.05, 4.69) is 48.5 Å². The number of aliphatic hydroxyl groups is 1. The minimum atomic E-state index is -0.484. The first-order valence-corrected chi connectivity index (χ1v) is 15.1. The Morgan fingerprint density at radius 3 is 2.31 bits per heavy atom. The van der Waals surface area contributed by atoms with Crippen LogP contribution in [0.1, 0.15) is 126 Å². The fourth-order valence-electron chi connectivity index (χ4n) is 11.9. The van der Waals surface area contributed by atoms with Gasteiger partial charge in [-0.05, 0) is 103 Å². The van der Waals surface area contributed by atoms with E-state index < -0.39 is 5.60 Å². The predicted octanol–water partition coefficient (Wildman–Crippen LogP) is 7.79. The molecule has 3 heteroatoms. The maximum atomic E-state index is 12.3. The topological polar surface area (TPSA) is 46.5 Å². The fourth-order valence-corrected chi connectivity index (χ4v) is 11.9. The third kappa shape index (κ3) is 3.48. The lowest BCUT2D eigenvalue weighted by molar-refractivity contribution is -0.350. The Morgan fingerprint density at radius 1 is 0.943 bits per heavy atom. The third-order valence-electron chi connectivity index (χ3n) is 13.3. The Balaban J connectivity index is 1.41. The van der Waals surface area contributed by atoms with Crippen molar-refractivity contribution in [2.45, 2.75) is 138 Å². The maximum Gasteiger partial charge on any atom is 0.302 e. The van der Waals surface area contributed by atoms with E-state index in [0.29, 0.717) is 23.2 Å². The zero-order chi connectivity index (χ0) is 25.6. The number of fused-ring (bicyclic) bond motifs is 2. The van der Waals surface area contributed by atoms with Gasteiger partial charge < -0.3 is 9.84 Å². The van der Waals surface area contributed by atoms with Crippen molar-refractivity contribution in [3.63, 3.8) is 0 Å². The van der Waals surface area contributed by atoms with E-state index >= 15 is 0 Å². The molecule has 10 unspecified atom stereocenters. The molecule has 0 amide bonds. The van der Waals surface area contributed by atoms with Gasteiger partial charge in [-0.15, -0.1) is 0 Å². The highest BCUT2D eigenvalue weighted by atomic mass is 16.5. The van der Waals surface area contributed by atoms with Crippen LogP contribution in [-0.4, -0.2) is 22.8 Å². The number of rotatable bonds is 6. The maximum absolute atomic E-state index is 12.3. The molecule has 5 saturated carbocycles. The van der Waals surface area contributed by atoms with Crippen LogP contribution in [-0.2, 0) is 9.53 Å². The van der Waals surface area contributed by atoms with Gasteiger partial charge in [0, 0.05) is 12.3 Å². The van der Waals surface area contributed by atoms with Gasteiger partial charge in [0.05, 0.1) is 5.60 Å². The Bertz CT molecular complexity index is 848. The van der Waals surface area contributed by atoms with Crippen molar-refractivity contribution >= 4 is 5.97 Å². The van der Waals surface area contributed by atoms with Crippen LogP contribution in [0.4, 0.5) is 0 Å². The average molecular weight is 487 g/mol. The second-order valence-corrected chi connectivity index (χ2v) is 15.6. The van der Waals surface area contributed by atoms with Gasteiger partial charge in [-0.1, -0.05) is 67.7 Å². The SMILES string of the molecule is CC(=O)OC1CCC23CC4(O)CC5(C)C(C(C)CCCC(C)C)CCC5(C)C(CCC2C1(C)C)C43. The Morgan fingerprint density at radius 2 is 1.66 bits per heavy atom. The van der Waals surface area contributed by atoms with Crippen LogP contribution in [0.15, 0.2) is 0 Å². The normalized spacial score (nSPS) is 50.5. The largest absolute Gasteiger partial charge is 0.462 e. The summed E-state index contributed by atoms with van der Waals surface area (Å²) in [4.78, 5) is 11.9. The molecule has 0 aromatic heterocycles. The van der Waals surface area contributed by atoms with Crippen molar-refractivity contribution in [2.75, 3.05) is 0 Å². The molecule has 1 N–H and O–H groups in total. The molecule has 0 saturated heterocycles. The Hall–Kier alpha value is -0.570. The summed E-state index contributed by atoms with van der Waals surface area (Å²) in [7, 11) is 0. The van der Waals surface area contributed by atoms with E-state index in [4.69, 9.17) is 4.74 Å². The van der Waals surface area contributed by atoms with E-state index in [0.717, 1.165) is 43.4 Å². The minimum Gasteiger partial charge on any atom is -0.462 e. The molecule has 3 nitrogen and oxygen atoms in total. The van der Waals surface area contributed by atoms with Crippen molar-refractivity contribution in [1.82, 2.24) is 0 Å². The van der Waals surface area contributed by atoms with Crippen LogP contribution in [0.25, 0.3) is 0 Å². The first-order valence-electron chi connectivity index (χ1n) is 15.1. The molecular formula is C32H54O3. The number of hydrogen-bond acceptors (Lipinski definition) is 3. The summed E-state index contributed by atoms with van der Waals surface area (Å²) in [6, 6.07) is 0. The number of esters is 1. The summed E-state index contributed by atoms with van der Waals surface area (Å²) in [5, 5.41) is 12.3. The Labute approximate surface area is 215 Å². The lowest BCUT2D eigenvalue weighted by Crippen LogP contribution is -2.78. The molecule has 5 rings (SSSR count). The first-order chi connectivity index (χ1) is 16.2. The smallest absolute Gasteiger partial charge is 0.302 e. The van der Waals surface area contributed by atoms with Crippen LogP contribution in [0.5, 0.6) is 0 Å². The minimum absolute atomic E-state index is 0.0129. The molecule has 0 heterocycles. The molecule has 0 aliphatic heterocycles. The van der Waals surface area contributed by atoms with Crippen LogP contribution in [0.2, 0.25) is 0 Å². The first kappa shape index (κ1) is 26.1. The number of ether oxygens (including phenoxy) is 1. The lowest BCUT2D eigenvalue weighted by Gasteiger charge is -2.79. The van der Waals surface area contributed by atoms with Crippen molar-refractivity contribution in [3.05, 3.63) is 0 Å². The predicted molar refractivity (Wildman–Crippen MR) is 142 cm³/mol. The van der Waals surface area contributed by atoms with E-state index in [-0.39, 0.29) is 28.3 Å². The summed E-state index contributed by atoms with van der Waals surface area (Å²) in [5.41, 5.74) is 0.349. The summed E-state index contributed by atoms with van der Waals surface area (Å²) in [6.07, 6.45) is 13.3. The Kier molecular flexibility index (Phi) is 6.11. The molecule has 1 spiro atoms. The summed E-state index contributed by atoms with van der Waals surface area (Å²) in [5.74, 6) is 3.79. The van der Waals surface area contributed by atoms with Crippen LogP contribution in [0.3, 0.4) is 0 Å². The average Bonchev–Trinajstić information content (AvgIpc) is 2.99. The monoisotopic (exact) mass is 486 g/mol. The molecular weight excluding hydrogens is 432 g/mol. The second kappa shape index (κ2) is 8.21. The zero-order valence-corrected chi connectivity index (χ0v) is 24.1. The highest BCUT2D eigenvalue weighted by Crippen LogP contribution is 2.82. The van der Waals surface area contributed by atoms with Gasteiger partial charge >= 0.3 is 5.97 Å². The highest BCUT2D eigenvalue weighted by Gasteiger charge is 2.80. The van der Waals surface area contributed by atoms with Crippen LogP contribution < -0.4 is 0 Å².